The predicted molar refractivity (Wildman–Crippen MR) is 562 cm³/mol. The molecule has 22 rings (SSSR count). The summed E-state index contributed by atoms with van der Waals surface area (Å²) in [7, 11) is 6.42. The van der Waals surface area contributed by atoms with E-state index in [4.69, 9.17) is 0 Å². The van der Waals surface area contributed by atoms with Gasteiger partial charge in [-0.1, -0.05) is 352 Å². The Kier molecular flexibility index (Phi) is 23.9. The van der Waals surface area contributed by atoms with E-state index in [2.05, 4.69) is 578 Å². The van der Waals surface area contributed by atoms with E-state index in [9.17, 15) is 0 Å². The lowest BCUT2D eigenvalue weighted by Gasteiger charge is -2.28. The van der Waals surface area contributed by atoms with Gasteiger partial charge in [0.15, 0.2) is 0 Å². The van der Waals surface area contributed by atoms with Gasteiger partial charge in [0.25, 0.3) is 0 Å². The van der Waals surface area contributed by atoms with Gasteiger partial charge in [0.2, 0.25) is 0 Å². The van der Waals surface area contributed by atoms with Crippen LogP contribution in [0.25, 0.3) is 109 Å². The molecule has 0 bridgehead atoms. The van der Waals surface area contributed by atoms with E-state index >= 15 is 0 Å². The van der Waals surface area contributed by atoms with Gasteiger partial charge in [0.05, 0.1) is 5.69 Å². The smallest absolute Gasteiger partial charge is 0.0567 e. The molecular formula is C125H96N6. The Balaban J connectivity index is 0.000000123. The molecule has 0 amide bonds. The van der Waals surface area contributed by atoms with Gasteiger partial charge in [-0.2, -0.15) is 0 Å². The first-order chi connectivity index (χ1) is 64.7. The van der Waals surface area contributed by atoms with E-state index in [1.807, 2.05) is 0 Å². The highest BCUT2D eigenvalue weighted by molar-refractivity contribution is 6.13. The summed E-state index contributed by atoms with van der Waals surface area (Å²) in [6, 6.07) is 189. The molecule has 131 heavy (non-hydrogen) atoms. The Morgan fingerprint density at radius 3 is 0.641 bits per heavy atom. The van der Waals surface area contributed by atoms with Crippen LogP contribution in [0.4, 0.5) is 85.3 Å². The maximum Gasteiger partial charge on any atom is 0.0567 e. The topological polar surface area (TPSA) is 19.4 Å². The van der Waals surface area contributed by atoms with E-state index in [0.717, 1.165) is 79.6 Å². The van der Waals surface area contributed by atoms with Crippen LogP contribution in [0.2, 0.25) is 0 Å². The van der Waals surface area contributed by atoms with Gasteiger partial charge < -0.3 is 29.4 Å². The van der Waals surface area contributed by atoms with Gasteiger partial charge in [0.1, 0.15) is 0 Å². The molecule has 0 heterocycles. The Hall–Kier alpha value is -17.1. The summed E-state index contributed by atoms with van der Waals surface area (Å²) >= 11 is 0. The first kappa shape index (κ1) is 82.2. The van der Waals surface area contributed by atoms with Crippen molar-refractivity contribution in [2.75, 3.05) is 50.5 Å². The van der Waals surface area contributed by atoms with Gasteiger partial charge >= 0.3 is 0 Å². The van der Waals surface area contributed by atoms with Crippen LogP contribution in [0, 0.1) is 0 Å². The van der Waals surface area contributed by atoms with E-state index in [1.54, 1.807) is 0 Å². The summed E-state index contributed by atoms with van der Waals surface area (Å²) in [5.74, 6) is 0. The molecule has 0 unspecified atom stereocenters. The van der Waals surface area contributed by atoms with Crippen molar-refractivity contribution < 1.29 is 0 Å². The normalized spacial score (nSPS) is 11.0. The molecule has 0 aliphatic heterocycles. The SMILES string of the molecule is CN(c1ccc(-c2ccccc2)cc1)c1ccc(N(c2cccc(-c3ccccc3)c2)c2ccc3ccccc3c2)cc1.CN(c1ccc(N(c2cccc(-c3ccccc3)c2)c2ccc3ccccc3c2)cc1)c1c2ccccc2cc2ccccc12.CN(c1ccc(N(c2cccc(-c3ccccc3)c2)c2ccc3ccccc3c2)cc1)c1cccc(-c2ccccc2)c1. The van der Waals surface area contributed by atoms with Crippen molar-refractivity contribution in [3.05, 3.63) is 528 Å². The van der Waals surface area contributed by atoms with Gasteiger partial charge in [-0.25, -0.2) is 0 Å². The maximum atomic E-state index is 2.36. The molecule has 6 nitrogen and oxygen atoms in total. The highest BCUT2D eigenvalue weighted by atomic mass is 15.2. The summed E-state index contributed by atoms with van der Waals surface area (Å²) < 4.78 is 0. The van der Waals surface area contributed by atoms with Crippen LogP contribution in [-0.4, -0.2) is 21.1 Å². The number of anilines is 15. The third kappa shape index (κ3) is 18.1. The van der Waals surface area contributed by atoms with Crippen molar-refractivity contribution >= 4 is 139 Å². The second-order valence-electron chi connectivity index (χ2n) is 33.1. The quantitative estimate of drug-likeness (QED) is 0.0704. The molecule has 0 aromatic heterocycles. The van der Waals surface area contributed by atoms with Crippen LogP contribution in [0.5, 0.6) is 0 Å². The van der Waals surface area contributed by atoms with Crippen LogP contribution in [0.15, 0.2) is 528 Å². The molecule has 0 N–H and O–H groups in total. The largest absolute Gasteiger partial charge is 0.345 e. The fraction of sp³-hybridized carbons (Fsp3) is 0.0240. The lowest BCUT2D eigenvalue weighted by Crippen LogP contribution is -2.12. The monoisotopic (exact) mass is 1680 g/mol. The van der Waals surface area contributed by atoms with Gasteiger partial charge in [0, 0.05) is 112 Å². The minimum atomic E-state index is 1.11. The molecular weight excluding hydrogens is 1590 g/mol. The molecule has 0 radical (unpaired) electrons. The summed E-state index contributed by atoms with van der Waals surface area (Å²) in [6.45, 7) is 0. The van der Waals surface area contributed by atoms with Crippen LogP contribution in [-0.2, 0) is 0 Å². The molecule has 0 saturated heterocycles. The lowest BCUT2D eigenvalue weighted by atomic mass is 10.00. The zero-order valence-corrected chi connectivity index (χ0v) is 73.4. The molecule has 6 heteroatoms. The Labute approximate surface area is 767 Å². The molecule has 0 atom stereocenters. The third-order valence-electron chi connectivity index (χ3n) is 24.9. The fourth-order valence-electron chi connectivity index (χ4n) is 17.9. The molecule has 22 aromatic rings. The minimum absolute atomic E-state index is 1.11. The summed E-state index contributed by atoms with van der Waals surface area (Å²) in [5, 5.41) is 12.4. The second-order valence-corrected chi connectivity index (χ2v) is 33.1. The third-order valence-corrected chi connectivity index (χ3v) is 24.9. The number of benzene rings is 22. The first-order valence-electron chi connectivity index (χ1n) is 44.7. The van der Waals surface area contributed by atoms with Crippen molar-refractivity contribution in [1.82, 2.24) is 0 Å². The maximum absolute atomic E-state index is 2.36. The van der Waals surface area contributed by atoms with Crippen molar-refractivity contribution in [3.8, 4) is 55.6 Å². The van der Waals surface area contributed by atoms with Crippen LogP contribution in [0.1, 0.15) is 0 Å². The van der Waals surface area contributed by atoms with Crippen LogP contribution >= 0.6 is 0 Å². The van der Waals surface area contributed by atoms with Crippen molar-refractivity contribution in [1.29, 1.82) is 0 Å². The molecule has 0 aliphatic carbocycles. The average molecular weight is 1680 g/mol. The Morgan fingerprint density at radius 2 is 0.321 bits per heavy atom. The summed E-state index contributed by atoms with van der Waals surface area (Å²) in [5.41, 5.74) is 29.0. The number of rotatable bonds is 20. The standard InChI is InChI=1S/C43H32N2.2C41H32N2/c1-44(43-41-20-9-7-16-35(41)28-36-17-8-10-21-42(36)43)37-24-26-38(27-25-37)45(40-23-22-32-14-5-6-15-33(32)30-40)39-19-11-18-34(29-39)31-12-3-2-4-13-31;1-42(39-20-10-18-35(28-39)31-12-4-2-5-13-31)37-24-26-38(27-25-37)43(41-23-22-33-16-8-9-17-34(33)30-41)40-21-11-19-36(29-40)32-14-6-3-7-15-32;1-42(37-22-19-34(20-23-37)31-11-4-2-5-12-31)38-25-27-39(28-26-38)43(41-24-21-33-15-8-9-16-35(33)30-41)40-18-10-17-36(29-40)32-13-6-3-7-14-32/h2-30H,1H3;2*2-30H,1H3. The molecule has 22 aromatic carbocycles. The highest BCUT2D eigenvalue weighted by Crippen LogP contribution is 2.46. The zero-order chi connectivity index (χ0) is 88.2. The second kappa shape index (κ2) is 38.0. The predicted octanol–water partition coefficient (Wildman–Crippen LogP) is 34.9. The van der Waals surface area contributed by atoms with Crippen LogP contribution in [0.3, 0.4) is 0 Å². The Bertz CT molecular complexity index is 7630. The molecule has 626 valence electrons. The van der Waals surface area contributed by atoms with Gasteiger partial charge in [-0.15, -0.1) is 0 Å². The molecule has 0 aliphatic rings. The summed E-state index contributed by atoms with van der Waals surface area (Å²) in [4.78, 5) is 13.8. The fourth-order valence-corrected chi connectivity index (χ4v) is 17.9. The van der Waals surface area contributed by atoms with Gasteiger partial charge in [-0.3, -0.25) is 0 Å². The number of nitrogens with zero attached hydrogens (tertiary/aromatic N) is 6. The van der Waals surface area contributed by atoms with E-state index < -0.39 is 0 Å². The van der Waals surface area contributed by atoms with Crippen molar-refractivity contribution in [2.24, 2.45) is 0 Å². The first-order valence-corrected chi connectivity index (χ1v) is 44.7. The number of hydrogen-bond donors (Lipinski definition) is 0. The number of hydrogen-bond acceptors (Lipinski definition) is 6. The average Bonchev–Trinajstić information content (AvgIpc) is 0.759. The van der Waals surface area contributed by atoms with E-state index in [-0.39, 0.29) is 0 Å². The lowest BCUT2D eigenvalue weighted by molar-refractivity contribution is 1.20. The highest BCUT2D eigenvalue weighted by Gasteiger charge is 2.22. The van der Waals surface area contributed by atoms with E-state index in [0.29, 0.717) is 0 Å². The summed E-state index contributed by atoms with van der Waals surface area (Å²) in [6.07, 6.45) is 0. The van der Waals surface area contributed by atoms with Gasteiger partial charge in [-0.05, 0) is 275 Å². The zero-order valence-electron chi connectivity index (χ0n) is 73.4. The minimum Gasteiger partial charge on any atom is -0.345 e. The van der Waals surface area contributed by atoms with Crippen LogP contribution < -0.4 is 29.4 Å². The van der Waals surface area contributed by atoms with E-state index in [1.165, 1.54) is 115 Å². The Morgan fingerprint density at radius 1 is 0.115 bits per heavy atom. The molecule has 0 fully saturated rings. The number of fused-ring (bicyclic) bond motifs is 5. The van der Waals surface area contributed by atoms with Crippen molar-refractivity contribution in [3.63, 3.8) is 0 Å². The van der Waals surface area contributed by atoms with Crippen molar-refractivity contribution in [2.45, 2.75) is 0 Å². The molecule has 0 saturated carbocycles. The molecule has 0 spiro atoms.